The highest BCUT2D eigenvalue weighted by Crippen LogP contribution is 2.40. The average molecular weight is 354 g/mol. The summed E-state index contributed by atoms with van der Waals surface area (Å²) in [4.78, 5) is 14.3. The van der Waals surface area contributed by atoms with Gasteiger partial charge in [-0.05, 0) is 19.9 Å². The molecule has 24 heavy (non-hydrogen) atoms. The van der Waals surface area contributed by atoms with Gasteiger partial charge in [0.25, 0.3) is 0 Å². The zero-order valence-corrected chi connectivity index (χ0v) is 14.5. The third-order valence-electron chi connectivity index (χ3n) is 4.13. The van der Waals surface area contributed by atoms with Gasteiger partial charge in [-0.2, -0.15) is 0 Å². The van der Waals surface area contributed by atoms with Crippen LogP contribution >= 0.6 is 11.6 Å². The number of phenols is 1. The Balaban J connectivity index is 2.02. The average Bonchev–Trinajstić information content (AvgIpc) is 2.90. The SMILES string of the molecule is CCOC(=O)c1c(C)oc2cc(CN3CCOCC3)c(O)c(Cl)c12. The molecule has 0 atom stereocenters. The van der Waals surface area contributed by atoms with Crippen LogP contribution in [0.4, 0.5) is 0 Å². The molecule has 0 amide bonds. The monoisotopic (exact) mass is 353 g/mol. The molecule has 1 aliphatic rings. The van der Waals surface area contributed by atoms with Crippen molar-refractivity contribution in [1.82, 2.24) is 4.90 Å². The van der Waals surface area contributed by atoms with Crippen LogP contribution in [0.5, 0.6) is 5.75 Å². The van der Waals surface area contributed by atoms with Crippen molar-refractivity contribution < 1.29 is 23.8 Å². The lowest BCUT2D eigenvalue weighted by atomic mass is 10.1. The maximum absolute atomic E-state index is 12.2. The third kappa shape index (κ3) is 3.09. The minimum atomic E-state index is -0.504. The highest BCUT2D eigenvalue weighted by Gasteiger charge is 2.25. The van der Waals surface area contributed by atoms with Gasteiger partial charge in [0.05, 0.1) is 30.2 Å². The van der Waals surface area contributed by atoms with Crippen LogP contribution in [-0.2, 0) is 16.0 Å². The van der Waals surface area contributed by atoms with Gasteiger partial charge in [-0.3, -0.25) is 4.90 Å². The largest absolute Gasteiger partial charge is 0.506 e. The van der Waals surface area contributed by atoms with Crippen LogP contribution < -0.4 is 0 Å². The number of carbonyl (C=O) groups excluding carboxylic acids is 1. The summed E-state index contributed by atoms with van der Waals surface area (Å²) >= 11 is 6.35. The second kappa shape index (κ2) is 7.01. The molecule has 1 saturated heterocycles. The fourth-order valence-corrected chi connectivity index (χ4v) is 3.25. The molecule has 0 radical (unpaired) electrons. The molecule has 3 rings (SSSR count). The molecular weight excluding hydrogens is 334 g/mol. The molecule has 7 heteroatoms. The predicted molar refractivity (Wildman–Crippen MR) is 89.7 cm³/mol. The van der Waals surface area contributed by atoms with E-state index >= 15 is 0 Å². The number of benzene rings is 1. The van der Waals surface area contributed by atoms with Crippen LogP contribution in [0.25, 0.3) is 11.0 Å². The number of nitrogens with zero attached hydrogens (tertiary/aromatic N) is 1. The Morgan fingerprint density at radius 3 is 2.79 bits per heavy atom. The van der Waals surface area contributed by atoms with Crippen molar-refractivity contribution in [2.75, 3.05) is 32.9 Å². The first-order valence-corrected chi connectivity index (χ1v) is 8.31. The molecule has 1 fully saturated rings. The van der Waals surface area contributed by atoms with Gasteiger partial charge < -0.3 is 19.0 Å². The number of aryl methyl sites for hydroxylation is 1. The summed E-state index contributed by atoms with van der Waals surface area (Å²) in [5.74, 6) is -0.105. The highest BCUT2D eigenvalue weighted by atomic mass is 35.5. The topological polar surface area (TPSA) is 72.1 Å². The van der Waals surface area contributed by atoms with E-state index in [1.54, 1.807) is 19.9 Å². The lowest BCUT2D eigenvalue weighted by Crippen LogP contribution is -2.35. The van der Waals surface area contributed by atoms with Gasteiger partial charge in [0, 0.05) is 25.2 Å². The van der Waals surface area contributed by atoms with Gasteiger partial charge in [0.1, 0.15) is 22.7 Å². The van der Waals surface area contributed by atoms with E-state index < -0.39 is 5.97 Å². The van der Waals surface area contributed by atoms with Crippen molar-refractivity contribution in [3.05, 3.63) is 28.0 Å². The number of esters is 1. The fraction of sp³-hybridized carbons (Fsp3) is 0.471. The van der Waals surface area contributed by atoms with Crippen molar-refractivity contribution >= 4 is 28.5 Å². The van der Waals surface area contributed by atoms with E-state index in [1.165, 1.54) is 0 Å². The van der Waals surface area contributed by atoms with Gasteiger partial charge in [-0.1, -0.05) is 11.6 Å². The summed E-state index contributed by atoms with van der Waals surface area (Å²) in [5.41, 5.74) is 1.41. The predicted octanol–water partition coefficient (Wildman–Crippen LogP) is 3.11. The maximum atomic E-state index is 12.2. The van der Waals surface area contributed by atoms with Gasteiger partial charge in [-0.15, -0.1) is 0 Å². The van der Waals surface area contributed by atoms with Crippen LogP contribution in [0.1, 0.15) is 28.6 Å². The van der Waals surface area contributed by atoms with Gasteiger partial charge in [0.2, 0.25) is 0 Å². The van der Waals surface area contributed by atoms with Crippen molar-refractivity contribution in [2.45, 2.75) is 20.4 Å². The highest BCUT2D eigenvalue weighted by molar-refractivity contribution is 6.38. The minimum absolute atomic E-state index is 0.0259. The van der Waals surface area contributed by atoms with Crippen molar-refractivity contribution in [2.24, 2.45) is 0 Å². The first-order chi connectivity index (χ1) is 11.5. The quantitative estimate of drug-likeness (QED) is 0.851. The number of phenolic OH excluding ortho intramolecular Hbond substituents is 1. The second-order valence-electron chi connectivity index (χ2n) is 5.71. The smallest absolute Gasteiger partial charge is 0.342 e. The zero-order chi connectivity index (χ0) is 17.3. The van der Waals surface area contributed by atoms with Gasteiger partial charge in [-0.25, -0.2) is 4.79 Å². The number of morpholine rings is 1. The number of hydrogen-bond acceptors (Lipinski definition) is 6. The zero-order valence-electron chi connectivity index (χ0n) is 13.7. The van der Waals surface area contributed by atoms with Crippen LogP contribution in [0.2, 0.25) is 5.02 Å². The number of aromatic hydroxyl groups is 1. The van der Waals surface area contributed by atoms with E-state index in [0.29, 0.717) is 42.1 Å². The molecule has 1 aromatic heterocycles. The lowest BCUT2D eigenvalue weighted by Gasteiger charge is -2.26. The number of hydrogen-bond donors (Lipinski definition) is 1. The van der Waals surface area contributed by atoms with Crippen LogP contribution in [0, 0.1) is 6.92 Å². The number of carbonyl (C=O) groups is 1. The molecule has 0 spiro atoms. The van der Waals surface area contributed by atoms with Crippen molar-refractivity contribution in [1.29, 1.82) is 0 Å². The van der Waals surface area contributed by atoms with E-state index in [9.17, 15) is 9.90 Å². The third-order valence-corrected chi connectivity index (χ3v) is 4.49. The molecule has 2 heterocycles. The molecule has 1 N–H and O–H groups in total. The van der Waals surface area contributed by atoms with Gasteiger partial charge >= 0.3 is 5.97 Å². The first-order valence-electron chi connectivity index (χ1n) is 7.93. The summed E-state index contributed by atoms with van der Waals surface area (Å²) in [7, 11) is 0. The molecule has 2 aromatic rings. The fourth-order valence-electron chi connectivity index (χ4n) is 2.94. The Kier molecular flexibility index (Phi) is 4.99. The standard InChI is InChI=1S/C17H20ClNO5/c1-3-23-17(21)13-10(2)24-12-8-11(16(20)15(18)14(12)13)9-19-4-6-22-7-5-19/h8,20H,3-7,9H2,1-2H3. The van der Waals surface area contributed by atoms with E-state index in [-0.39, 0.29) is 22.9 Å². The van der Waals surface area contributed by atoms with E-state index in [0.717, 1.165) is 13.1 Å². The normalized spacial score (nSPS) is 15.8. The van der Waals surface area contributed by atoms with E-state index in [2.05, 4.69) is 4.90 Å². The Morgan fingerprint density at radius 2 is 2.12 bits per heavy atom. The molecule has 0 saturated carbocycles. The Hall–Kier alpha value is -1.76. The number of ether oxygens (including phenoxy) is 2. The Morgan fingerprint density at radius 1 is 1.42 bits per heavy atom. The molecule has 0 aliphatic carbocycles. The molecular formula is C17H20ClNO5. The molecule has 130 valence electrons. The van der Waals surface area contributed by atoms with E-state index in [1.807, 2.05) is 0 Å². The molecule has 6 nitrogen and oxygen atoms in total. The van der Waals surface area contributed by atoms with Crippen LogP contribution in [-0.4, -0.2) is 48.9 Å². The van der Waals surface area contributed by atoms with Gasteiger partial charge in [0.15, 0.2) is 0 Å². The number of furan rings is 1. The maximum Gasteiger partial charge on any atom is 0.342 e. The molecule has 0 bridgehead atoms. The summed E-state index contributed by atoms with van der Waals surface area (Å²) in [5, 5.41) is 11.0. The number of fused-ring (bicyclic) bond motifs is 1. The number of rotatable bonds is 4. The molecule has 1 aromatic carbocycles. The summed E-state index contributed by atoms with van der Waals surface area (Å²) in [6.07, 6.45) is 0. The summed E-state index contributed by atoms with van der Waals surface area (Å²) in [6.45, 7) is 7.13. The minimum Gasteiger partial charge on any atom is -0.506 e. The Bertz CT molecular complexity index is 764. The molecule has 0 unspecified atom stereocenters. The molecule has 1 aliphatic heterocycles. The van der Waals surface area contributed by atoms with Crippen LogP contribution in [0.3, 0.4) is 0 Å². The Labute approximate surface area is 144 Å². The van der Waals surface area contributed by atoms with Crippen molar-refractivity contribution in [3.8, 4) is 5.75 Å². The van der Waals surface area contributed by atoms with Crippen molar-refractivity contribution in [3.63, 3.8) is 0 Å². The summed E-state index contributed by atoms with van der Waals surface area (Å²) in [6, 6.07) is 1.74. The lowest BCUT2D eigenvalue weighted by molar-refractivity contribution is 0.0339. The first kappa shape index (κ1) is 17.1. The van der Waals surface area contributed by atoms with E-state index in [4.69, 9.17) is 25.5 Å². The van der Waals surface area contributed by atoms with Crippen LogP contribution in [0.15, 0.2) is 10.5 Å². The second-order valence-corrected chi connectivity index (χ2v) is 6.09. The summed E-state index contributed by atoms with van der Waals surface area (Å²) < 4.78 is 16.1. The number of halogens is 1.